The zero-order valence-corrected chi connectivity index (χ0v) is 10.2. The number of rotatable bonds is 9. The maximum atomic E-state index is 10.4. The fraction of sp³-hybridized carbons (Fsp3) is 0.667. The summed E-state index contributed by atoms with van der Waals surface area (Å²) in [4.78, 5) is 10.4. The first-order valence-electron chi connectivity index (χ1n) is 5.51. The molecule has 0 fully saturated rings. The topological polar surface area (TPSA) is 127 Å². The van der Waals surface area contributed by atoms with E-state index in [0.717, 1.165) is 0 Å². The Morgan fingerprint density at radius 2 is 2.22 bits per heavy atom. The van der Waals surface area contributed by atoms with Crippen molar-refractivity contribution >= 4 is 12.0 Å². The standard InChI is InChI=1S/C9H18N6O3/c1-17-5-4-11-6-7-14-15-9(18-7)13-3-2-12-8(10)16/h11H,2-6H2,1H3,(H,13,15)(H3,10,12,16). The molecule has 102 valence electrons. The van der Waals surface area contributed by atoms with E-state index in [-0.39, 0.29) is 0 Å². The summed E-state index contributed by atoms with van der Waals surface area (Å²) in [5.41, 5.74) is 4.91. The number of ether oxygens (including phenoxy) is 1. The van der Waals surface area contributed by atoms with E-state index in [9.17, 15) is 4.79 Å². The Balaban J connectivity index is 2.15. The molecule has 0 saturated carbocycles. The molecule has 0 saturated heterocycles. The number of urea groups is 1. The fourth-order valence-corrected chi connectivity index (χ4v) is 1.12. The minimum Gasteiger partial charge on any atom is -0.407 e. The predicted octanol–water partition coefficient (Wildman–Crippen LogP) is -1.11. The molecule has 5 N–H and O–H groups in total. The summed E-state index contributed by atoms with van der Waals surface area (Å²) in [5, 5.41) is 16.0. The van der Waals surface area contributed by atoms with Gasteiger partial charge in [0, 0.05) is 26.7 Å². The lowest BCUT2D eigenvalue weighted by atomic mass is 10.6. The van der Waals surface area contributed by atoms with Crippen molar-refractivity contribution in [3.05, 3.63) is 5.89 Å². The second kappa shape index (κ2) is 8.25. The van der Waals surface area contributed by atoms with Crippen molar-refractivity contribution in [1.82, 2.24) is 20.8 Å². The van der Waals surface area contributed by atoms with Gasteiger partial charge in [-0.1, -0.05) is 5.10 Å². The van der Waals surface area contributed by atoms with Crippen LogP contribution >= 0.6 is 0 Å². The Morgan fingerprint density at radius 3 is 2.94 bits per heavy atom. The third-order valence-corrected chi connectivity index (χ3v) is 1.93. The van der Waals surface area contributed by atoms with Gasteiger partial charge in [-0.3, -0.25) is 0 Å². The van der Waals surface area contributed by atoms with E-state index in [0.29, 0.717) is 44.7 Å². The lowest BCUT2D eigenvalue weighted by Gasteiger charge is -2.01. The maximum Gasteiger partial charge on any atom is 0.315 e. The van der Waals surface area contributed by atoms with Crippen molar-refractivity contribution in [2.75, 3.05) is 38.7 Å². The Labute approximate surface area is 104 Å². The van der Waals surface area contributed by atoms with Crippen molar-refractivity contribution < 1.29 is 13.9 Å². The van der Waals surface area contributed by atoms with Crippen molar-refractivity contribution in [2.24, 2.45) is 5.73 Å². The third-order valence-electron chi connectivity index (χ3n) is 1.93. The quantitative estimate of drug-likeness (QED) is 0.413. The predicted molar refractivity (Wildman–Crippen MR) is 64.0 cm³/mol. The van der Waals surface area contributed by atoms with Crippen LogP contribution in [-0.2, 0) is 11.3 Å². The summed E-state index contributed by atoms with van der Waals surface area (Å²) >= 11 is 0. The molecule has 9 heteroatoms. The van der Waals surface area contributed by atoms with Gasteiger partial charge in [0.05, 0.1) is 13.2 Å². The number of nitrogens with two attached hydrogens (primary N) is 1. The molecule has 9 nitrogen and oxygen atoms in total. The van der Waals surface area contributed by atoms with Crippen LogP contribution in [0, 0.1) is 0 Å². The van der Waals surface area contributed by atoms with Crippen LogP contribution in [0.3, 0.4) is 0 Å². The zero-order valence-electron chi connectivity index (χ0n) is 10.2. The van der Waals surface area contributed by atoms with Gasteiger partial charge in [0.1, 0.15) is 0 Å². The van der Waals surface area contributed by atoms with Crippen LogP contribution in [0.15, 0.2) is 4.42 Å². The summed E-state index contributed by atoms with van der Waals surface area (Å²) < 4.78 is 10.2. The minimum atomic E-state index is -0.564. The molecule has 0 unspecified atom stereocenters. The van der Waals surface area contributed by atoms with Gasteiger partial charge in [-0.2, -0.15) is 0 Å². The first-order valence-corrected chi connectivity index (χ1v) is 5.51. The van der Waals surface area contributed by atoms with Gasteiger partial charge in [0.15, 0.2) is 0 Å². The summed E-state index contributed by atoms with van der Waals surface area (Å²) in [6, 6.07) is -0.254. The first kappa shape index (κ1) is 14.2. The highest BCUT2D eigenvalue weighted by Crippen LogP contribution is 2.03. The molecule has 1 rings (SSSR count). The third kappa shape index (κ3) is 6.01. The Kier molecular flexibility index (Phi) is 6.51. The van der Waals surface area contributed by atoms with E-state index >= 15 is 0 Å². The molecule has 0 atom stereocenters. The van der Waals surface area contributed by atoms with Gasteiger partial charge < -0.3 is 30.8 Å². The smallest absolute Gasteiger partial charge is 0.315 e. The summed E-state index contributed by atoms with van der Waals surface area (Å²) in [6.07, 6.45) is 0. The molecule has 0 spiro atoms. The monoisotopic (exact) mass is 258 g/mol. The van der Waals surface area contributed by atoms with Crippen LogP contribution in [0.5, 0.6) is 0 Å². The molecule has 0 aliphatic heterocycles. The van der Waals surface area contributed by atoms with E-state index in [2.05, 4.69) is 26.1 Å². The van der Waals surface area contributed by atoms with Crippen LogP contribution in [-0.4, -0.2) is 49.6 Å². The number of carbonyl (C=O) groups excluding carboxylic acids is 1. The van der Waals surface area contributed by atoms with Gasteiger partial charge in [-0.25, -0.2) is 4.79 Å². The van der Waals surface area contributed by atoms with Crippen molar-refractivity contribution in [2.45, 2.75) is 6.54 Å². The lowest BCUT2D eigenvalue weighted by molar-refractivity contribution is 0.198. The number of anilines is 1. The minimum absolute atomic E-state index is 0.310. The number of amides is 2. The number of primary amides is 1. The van der Waals surface area contributed by atoms with Gasteiger partial charge >= 0.3 is 12.0 Å². The number of hydrogen-bond donors (Lipinski definition) is 4. The van der Waals surface area contributed by atoms with E-state index in [1.54, 1.807) is 7.11 Å². The average molecular weight is 258 g/mol. The van der Waals surface area contributed by atoms with Crippen molar-refractivity contribution in [1.29, 1.82) is 0 Å². The molecule has 0 radical (unpaired) electrons. The molecule has 1 aromatic heterocycles. The number of nitrogens with zero attached hydrogens (tertiary/aromatic N) is 2. The number of carbonyl (C=O) groups is 1. The zero-order chi connectivity index (χ0) is 13.2. The fourth-order valence-electron chi connectivity index (χ4n) is 1.12. The van der Waals surface area contributed by atoms with Gasteiger partial charge in [-0.05, 0) is 0 Å². The molecule has 0 bridgehead atoms. The molecular formula is C9H18N6O3. The Morgan fingerprint density at radius 1 is 1.39 bits per heavy atom. The molecule has 1 aromatic rings. The Hall–Kier alpha value is -1.87. The van der Waals surface area contributed by atoms with Crippen molar-refractivity contribution in [3.63, 3.8) is 0 Å². The number of methoxy groups -OCH3 is 1. The van der Waals surface area contributed by atoms with Crippen LogP contribution < -0.4 is 21.7 Å². The molecule has 18 heavy (non-hydrogen) atoms. The maximum absolute atomic E-state index is 10.4. The lowest BCUT2D eigenvalue weighted by Crippen LogP contribution is -2.33. The van der Waals surface area contributed by atoms with E-state index in [1.165, 1.54) is 0 Å². The molecule has 0 aliphatic rings. The number of nitrogens with one attached hydrogen (secondary N) is 3. The highest BCUT2D eigenvalue weighted by atomic mass is 16.5. The second-order valence-electron chi connectivity index (χ2n) is 3.39. The molecular weight excluding hydrogens is 240 g/mol. The molecule has 1 heterocycles. The van der Waals surface area contributed by atoms with Crippen LogP contribution in [0.2, 0.25) is 0 Å². The van der Waals surface area contributed by atoms with E-state index in [4.69, 9.17) is 14.9 Å². The van der Waals surface area contributed by atoms with Crippen molar-refractivity contribution in [3.8, 4) is 0 Å². The largest absolute Gasteiger partial charge is 0.407 e. The molecule has 2 amide bonds. The number of aromatic nitrogens is 2. The van der Waals surface area contributed by atoms with Crippen LogP contribution in [0.4, 0.5) is 10.8 Å². The Bertz CT molecular complexity index is 356. The van der Waals surface area contributed by atoms with Gasteiger partial charge in [0.2, 0.25) is 5.89 Å². The highest BCUT2D eigenvalue weighted by molar-refractivity contribution is 5.71. The summed E-state index contributed by atoms with van der Waals surface area (Å²) in [7, 11) is 1.64. The highest BCUT2D eigenvalue weighted by Gasteiger charge is 2.04. The number of hydrogen-bond acceptors (Lipinski definition) is 7. The second-order valence-corrected chi connectivity index (χ2v) is 3.39. The molecule has 0 aliphatic carbocycles. The molecule has 0 aromatic carbocycles. The SMILES string of the molecule is COCCNCc1nnc(NCCNC(N)=O)o1. The van der Waals surface area contributed by atoms with Gasteiger partial charge in [-0.15, -0.1) is 5.10 Å². The van der Waals surface area contributed by atoms with Gasteiger partial charge in [0.25, 0.3) is 0 Å². The normalized spacial score (nSPS) is 10.3. The summed E-state index contributed by atoms with van der Waals surface area (Å²) in [5.74, 6) is 0.483. The van der Waals surface area contributed by atoms with Crippen LogP contribution in [0.1, 0.15) is 5.89 Å². The van der Waals surface area contributed by atoms with E-state index < -0.39 is 6.03 Å². The van der Waals surface area contributed by atoms with E-state index in [1.807, 2.05) is 0 Å². The summed E-state index contributed by atoms with van der Waals surface area (Å²) in [6.45, 7) is 2.67. The van der Waals surface area contributed by atoms with Crippen LogP contribution in [0.25, 0.3) is 0 Å². The first-order chi connectivity index (χ1) is 8.72. The average Bonchev–Trinajstić information content (AvgIpc) is 2.78.